The lowest BCUT2D eigenvalue weighted by molar-refractivity contribution is 0.675. The van der Waals surface area contributed by atoms with E-state index in [-0.39, 0.29) is 0 Å². The summed E-state index contributed by atoms with van der Waals surface area (Å²) in [5.74, 6) is 1.11. The number of aromatic nitrogens is 2. The molecule has 0 aliphatic rings. The van der Waals surface area contributed by atoms with Gasteiger partial charge >= 0.3 is 0 Å². The van der Waals surface area contributed by atoms with Gasteiger partial charge in [-0.3, -0.25) is 8.89 Å². The maximum Gasteiger partial charge on any atom is 0.0656 e. The molecule has 1 atom stereocenters. The molecule has 0 radical (unpaired) electrons. The van der Waals surface area contributed by atoms with E-state index in [0.717, 1.165) is 11.4 Å². The first-order chi connectivity index (χ1) is 6.13. The Morgan fingerprint density at radius 2 is 2.38 bits per heavy atom. The van der Waals surface area contributed by atoms with Crippen LogP contribution >= 0.6 is 0 Å². The van der Waals surface area contributed by atoms with Crippen LogP contribution in [0.15, 0.2) is 6.07 Å². The van der Waals surface area contributed by atoms with Gasteiger partial charge < -0.3 is 5.73 Å². The quantitative estimate of drug-likeness (QED) is 0.742. The molecule has 13 heavy (non-hydrogen) atoms. The van der Waals surface area contributed by atoms with E-state index in [1.54, 1.807) is 4.68 Å². The Morgan fingerprint density at radius 1 is 1.69 bits per heavy atom. The van der Waals surface area contributed by atoms with Crippen LogP contribution in [0.2, 0.25) is 0 Å². The van der Waals surface area contributed by atoms with Gasteiger partial charge in [0.2, 0.25) is 0 Å². The molecule has 0 aliphatic heterocycles. The van der Waals surface area contributed by atoms with Crippen molar-refractivity contribution in [2.75, 3.05) is 12.3 Å². The Hall–Kier alpha value is -0.680. The molecule has 0 saturated heterocycles. The Balaban J connectivity index is 2.63. The lowest BCUT2D eigenvalue weighted by Crippen LogP contribution is -2.13. The van der Waals surface area contributed by atoms with Crippen LogP contribution in [0.25, 0.3) is 0 Å². The highest BCUT2D eigenvalue weighted by atomic mass is 32.2. The molecule has 4 nitrogen and oxygen atoms in total. The van der Waals surface area contributed by atoms with Crippen LogP contribution in [-0.4, -0.2) is 26.3 Å². The van der Waals surface area contributed by atoms with Crippen LogP contribution in [0.5, 0.6) is 0 Å². The van der Waals surface area contributed by atoms with Crippen LogP contribution in [0.3, 0.4) is 0 Å². The predicted molar refractivity (Wildman–Crippen MR) is 53.7 cm³/mol. The molecule has 0 spiro atoms. The molecule has 1 heterocycles. The summed E-state index contributed by atoms with van der Waals surface area (Å²) in [7, 11) is 1.01. The van der Waals surface area contributed by atoms with Crippen molar-refractivity contribution in [3.63, 3.8) is 0 Å². The third kappa shape index (κ3) is 2.93. The van der Waals surface area contributed by atoms with Crippen molar-refractivity contribution in [2.24, 2.45) is 12.8 Å². The van der Waals surface area contributed by atoms with Crippen LogP contribution < -0.4 is 5.73 Å². The molecule has 1 aromatic heterocycles. The summed E-state index contributed by atoms with van der Waals surface area (Å²) in [5, 5.41) is 4.18. The molecule has 0 bridgehead atoms. The van der Waals surface area contributed by atoms with Crippen molar-refractivity contribution in [2.45, 2.75) is 12.7 Å². The second-order valence-corrected chi connectivity index (χ2v) is 4.55. The average Bonchev–Trinajstić information content (AvgIpc) is 2.30. The third-order valence-electron chi connectivity index (χ3n) is 1.75. The Labute approximate surface area is 80.6 Å². The SMILES string of the molecule is Cc1cc(CS(=O)CCN)n(C)n1. The van der Waals surface area contributed by atoms with Gasteiger partial charge in [-0.25, -0.2) is 0 Å². The minimum Gasteiger partial charge on any atom is -0.330 e. The number of hydrogen-bond donors (Lipinski definition) is 1. The number of rotatable bonds is 4. The van der Waals surface area contributed by atoms with Crippen LogP contribution in [-0.2, 0) is 23.6 Å². The highest BCUT2D eigenvalue weighted by Gasteiger charge is 2.05. The van der Waals surface area contributed by atoms with Crippen molar-refractivity contribution in [1.82, 2.24) is 9.78 Å². The number of hydrogen-bond acceptors (Lipinski definition) is 3. The summed E-state index contributed by atoms with van der Waals surface area (Å²) < 4.78 is 13.1. The van der Waals surface area contributed by atoms with E-state index in [2.05, 4.69) is 5.10 Å². The molecule has 1 rings (SSSR count). The zero-order valence-electron chi connectivity index (χ0n) is 7.99. The van der Waals surface area contributed by atoms with Crippen LogP contribution in [0.4, 0.5) is 0 Å². The minimum atomic E-state index is -0.854. The molecule has 74 valence electrons. The first kappa shape index (κ1) is 10.4. The van der Waals surface area contributed by atoms with E-state index in [4.69, 9.17) is 5.73 Å². The fourth-order valence-electron chi connectivity index (χ4n) is 1.17. The van der Waals surface area contributed by atoms with Crippen LogP contribution in [0.1, 0.15) is 11.4 Å². The topological polar surface area (TPSA) is 60.9 Å². The Bertz CT molecular complexity index is 308. The largest absolute Gasteiger partial charge is 0.330 e. The number of nitrogens with two attached hydrogens (primary N) is 1. The zero-order valence-corrected chi connectivity index (χ0v) is 8.80. The fourth-order valence-corrected chi connectivity index (χ4v) is 2.18. The Morgan fingerprint density at radius 3 is 2.85 bits per heavy atom. The van der Waals surface area contributed by atoms with Gasteiger partial charge in [-0.15, -0.1) is 0 Å². The first-order valence-corrected chi connectivity index (χ1v) is 5.67. The number of aryl methyl sites for hydroxylation is 2. The van der Waals surface area contributed by atoms with Crippen molar-refractivity contribution in [3.8, 4) is 0 Å². The van der Waals surface area contributed by atoms with E-state index in [9.17, 15) is 4.21 Å². The highest BCUT2D eigenvalue weighted by molar-refractivity contribution is 7.84. The summed E-state index contributed by atoms with van der Waals surface area (Å²) in [6.07, 6.45) is 0. The van der Waals surface area contributed by atoms with Crippen molar-refractivity contribution in [1.29, 1.82) is 0 Å². The smallest absolute Gasteiger partial charge is 0.0656 e. The van der Waals surface area contributed by atoms with Gasteiger partial charge in [-0.1, -0.05) is 0 Å². The van der Waals surface area contributed by atoms with Gasteiger partial charge in [0, 0.05) is 30.1 Å². The van der Waals surface area contributed by atoms with E-state index in [1.807, 2.05) is 20.0 Å². The molecule has 5 heteroatoms. The minimum absolute atomic E-state index is 0.476. The number of nitrogens with zero attached hydrogens (tertiary/aromatic N) is 2. The van der Waals surface area contributed by atoms with Crippen molar-refractivity contribution < 1.29 is 4.21 Å². The Kier molecular flexibility index (Phi) is 3.62. The molecule has 0 saturated carbocycles. The molecule has 0 amide bonds. The van der Waals surface area contributed by atoms with Crippen molar-refractivity contribution >= 4 is 10.8 Å². The second kappa shape index (κ2) is 4.53. The molecule has 2 N–H and O–H groups in total. The first-order valence-electron chi connectivity index (χ1n) is 4.18. The molecule has 1 unspecified atom stereocenters. The summed E-state index contributed by atoms with van der Waals surface area (Å²) in [6.45, 7) is 2.40. The highest BCUT2D eigenvalue weighted by Crippen LogP contribution is 2.04. The van der Waals surface area contributed by atoms with Gasteiger partial charge in [0.05, 0.1) is 17.1 Å². The van der Waals surface area contributed by atoms with E-state index in [1.165, 1.54) is 0 Å². The third-order valence-corrected chi connectivity index (χ3v) is 3.06. The summed E-state index contributed by atoms with van der Waals surface area (Å²) in [5.41, 5.74) is 7.28. The molecule has 0 aromatic carbocycles. The fraction of sp³-hybridized carbons (Fsp3) is 0.625. The normalized spacial score (nSPS) is 13.2. The molecular formula is C8H15N3OS. The maximum absolute atomic E-state index is 11.4. The molecular weight excluding hydrogens is 186 g/mol. The van der Waals surface area contributed by atoms with E-state index >= 15 is 0 Å². The van der Waals surface area contributed by atoms with Gasteiger partial charge in [-0.05, 0) is 13.0 Å². The standard InChI is InChI=1S/C8H15N3OS/c1-7-5-8(11(2)10-7)6-13(12)4-3-9/h5H,3-4,6,9H2,1-2H3. The van der Waals surface area contributed by atoms with Gasteiger partial charge in [0.1, 0.15) is 0 Å². The molecule has 0 aliphatic carbocycles. The van der Waals surface area contributed by atoms with Gasteiger partial charge in [0.15, 0.2) is 0 Å². The summed E-state index contributed by atoms with van der Waals surface area (Å²) >= 11 is 0. The van der Waals surface area contributed by atoms with Gasteiger partial charge in [-0.2, -0.15) is 5.10 Å². The van der Waals surface area contributed by atoms with Gasteiger partial charge in [0.25, 0.3) is 0 Å². The van der Waals surface area contributed by atoms with Crippen LogP contribution in [0, 0.1) is 6.92 Å². The maximum atomic E-state index is 11.4. The molecule has 0 fully saturated rings. The zero-order chi connectivity index (χ0) is 9.84. The van der Waals surface area contributed by atoms with E-state index < -0.39 is 10.8 Å². The summed E-state index contributed by atoms with van der Waals surface area (Å²) in [4.78, 5) is 0. The predicted octanol–water partition coefficient (Wildman–Crippen LogP) is -0.0641. The second-order valence-electron chi connectivity index (χ2n) is 2.98. The monoisotopic (exact) mass is 201 g/mol. The summed E-state index contributed by atoms with van der Waals surface area (Å²) in [6, 6.07) is 1.95. The van der Waals surface area contributed by atoms with E-state index in [0.29, 0.717) is 18.1 Å². The van der Waals surface area contributed by atoms with Crippen molar-refractivity contribution in [3.05, 3.63) is 17.5 Å². The molecule has 1 aromatic rings. The average molecular weight is 201 g/mol. The lowest BCUT2D eigenvalue weighted by Gasteiger charge is -2.00. The lowest BCUT2D eigenvalue weighted by atomic mass is 10.4.